The Morgan fingerprint density at radius 3 is 2.50 bits per heavy atom. The van der Waals surface area contributed by atoms with Crippen LogP contribution in [-0.4, -0.2) is 16.2 Å². The normalized spacial score (nSPS) is 7.42. The van der Waals surface area contributed by atoms with Crippen molar-refractivity contribution in [3.05, 3.63) is 30.1 Å². The molecular formula is C6H5NO3V2. The van der Waals surface area contributed by atoms with Gasteiger partial charge in [-0.2, -0.15) is 5.26 Å². The zero-order valence-corrected chi connectivity index (χ0v) is 8.71. The molecule has 0 unspecified atom stereocenters. The molecule has 2 radical (unpaired) electrons. The maximum atomic E-state index is 10.5. The van der Waals surface area contributed by atoms with Crippen molar-refractivity contribution in [3.8, 4) is 0 Å². The van der Waals surface area contributed by atoms with Crippen molar-refractivity contribution < 1.29 is 52.1 Å². The molecule has 0 amide bonds. The van der Waals surface area contributed by atoms with E-state index in [1.165, 1.54) is 12.3 Å². The summed E-state index contributed by atoms with van der Waals surface area (Å²) in [6, 6.07) is 4.73. The molecule has 1 N–H and O–H groups in total. The van der Waals surface area contributed by atoms with Crippen LogP contribution in [0.2, 0.25) is 0 Å². The van der Waals surface area contributed by atoms with E-state index in [2.05, 4.69) is 9.87 Å². The van der Waals surface area contributed by atoms with E-state index in [0.717, 1.165) is 0 Å². The van der Waals surface area contributed by atoms with Crippen LogP contribution in [-0.2, 0) is 42.0 Å². The maximum Gasteiger partial charge on any atom is 0.390 e. The van der Waals surface area contributed by atoms with Crippen molar-refractivity contribution in [3.63, 3.8) is 0 Å². The van der Waals surface area contributed by atoms with Crippen molar-refractivity contribution in [2.24, 2.45) is 0 Å². The average Bonchev–Trinajstić information content (AvgIpc) is 2.05. The summed E-state index contributed by atoms with van der Waals surface area (Å²) in [6.07, 6.45) is 1.44. The summed E-state index contributed by atoms with van der Waals surface area (Å²) in [7, 11) is 0. The number of carbonyl (C=O) groups is 1. The molecule has 1 rings (SSSR count). The number of pyridine rings is 1. The Morgan fingerprint density at radius 2 is 2.08 bits per heavy atom. The first-order valence-corrected chi connectivity index (χ1v) is 2.61. The van der Waals surface area contributed by atoms with Gasteiger partial charge in [0.25, 0.3) is 0 Å². The van der Waals surface area contributed by atoms with Crippen molar-refractivity contribution in [1.82, 2.24) is 4.98 Å². The maximum absolute atomic E-state index is 10.5. The largest absolute Gasteiger partial charge is 0.390 e. The molecule has 1 heterocycles. The predicted molar refractivity (Wildman–Crippen MR) is 32.3 cm³/mol. The fourth-order valence-electron chi connectivity index (χ4n) is 0.530. The van der Waals surface area contributed by atoms with E-state index in [9.17, 15) is 4.79 Å². The third-order valence-electron chi connectivity index (χ3n) is 0.957. The number of nitrogens with zero attached hydrogens (tertiary/aromatic N) is 1. The van der Waals surface area contributed by atoms with Gasteiger partial charge in [-0.15, -0.1) is 0 Å². The van der Waals surface area contributed by atoms with Crippen LogP contribution in [0.25, 0.3) is 0 Å². The monoisotopic (exact) mass is 241 g/mol. The summed E-state index contributed by atoms with van der Waals surface area (Å²) >= 11 is 0. The minimum Gasteiger partial charge on any atom is -0.294 e. The molecule has 1 aromatic rings. The molecule has 62 valence electrons. The van der Waals surface area contributed by atoms with Crippen LogP contribution >= 0.6 is 0 Å². The molecule has 0 saturated carbocycles. The predicted octanol–water partition coefficient (Wildman–Crippen LogP) is 0.706. The van der Waals surface area contributed by atoms with E-state index >= 15 is 0 Å². The van der Waals surface area contributed by atoms with Gasteiger partial charge >= 0.3 is 5.97 Å². The van der Waals surface area contributed by atoms with Crippen LogP contribution < -0.4 is 0 Å². The van der Waals surface area contributed by atoms with Gasteiger partial charge < -0.3 is 0 Å². The Morgan fingerprint density at radius 1 is 1.42 bits per heavy atom. The van der Waals surface area contributed by atoms with Crippen molar-refractivity contribution in [1.29, 1.82) is 0 Å². The number of hydrogen-bond acceptors (Lipinski definition) is 4. The molecule has 12 heavy (non-hydrogen) atoms. The summed E-state index contributed by atoms with van der Waals surface area (Å²) in [5.74, 6) is -0.847. The van der Waals surface area contributed by atoms with Gasteiger partial charge in [0.05, 0.1) is 0 Å². The molecule has 0 aromatic carbocycles. The zero-order valence-electron chi connectivity index (χ0n) is 5.91. The Balaban J connectivity index is 0. The van der Waals surface area contributed by atoms with Crippen LogP contribution in [0, 0.1) is 0 Å². The van der Waals surface area contributed by atoms with E-state index in [1.54, 1.807) is 12.1 Å². The number of rotatable bonds is 1. The van der Waals surface area contributed by atoms with E-state index in [4.69, 9.17) is 5.26 Å². The molecule has 0 spiro atoms. The summed E-state index contributed by atoms with van der Waals surface area (Å²) in [5.41, 5.74) is 0.0880. The van der Waals surface area contributed by atoms with Gasteiger partial charge in [0, 0.05) is 43.3 Å². The van der Waals surface area contributed by atoms with Gasteiger partial charge in [-0.25, -0.2) is 9.78 Å². The van der Waals surface area contributed by atoms with Crippen molar-refractivity contribution in [2.75, 3.05) is 0 Å². The Kier molecular flexibility index (Phi) is 8.81. The Hall–Kier alpha value is -0.251. The zero-order chi connectivity index (χ0) is 7.40. The van der Waals surface area contributed by atoms with Crippen LogP contribution in [0.15, 0.2) is 24.4 Å². The smallest absolute Gasteiger partial charge is 0.294 e. The van der Waals surface area contributed by atoms with E-state index < -0.39 is 5.97 Å². The Bertz CT molecular complexity index is 229. The fraction of sp³-hybridized carbons (Fsp3) is 0. The first kappa shape index (κ1) is 14.3. The molecule has 0 fully saturated rings. The second-order valence-electron chi connectivity index (χ2n) is 1.59. The first-order chi connectivity index (χ1) is 4.84. The van der Waals surface area contributed by atoms with Crippen LogP contribution in [0.1, 0.15) is 10.5 Å². The Labute approximate surface area is 93.0 Å². The third kappa shape index (κ3) is 3.95. The van der Waals surface area contributed by atoms with Gasteiger partial charge in [0.1, 0.15) is 0 Å². The second kappa shape index (κ2) is 7.40. The van der Waals surface area contributed by atoms with Crippen molar-refractivity contribution >= 4 is 5.97 Å². The van der Waals surface area contributed by atoms with E-state index in [1.807, 2.05) is 0 Å². The van der Waals surface area contributed by atoms with Crippen LogP contribution in [0.5, 0.6) is 0 Å². The molecule has 0 aliphatic heterocycles. The van der Waals surface area contributed by atoms with E-state index in [0.29, 0.717) is 0 Å². The van der Waals surface area contributed by atoms with Crippen LogP contribution in [0.4, 0.5) is 0 Å². The van der Waals surface area contributed by atoms with Gasteiger partial charge in [-0.1, -0.05) is 6.07 Å². The van der Waals surface area contributed by atoms with E-state index in [-0.39, 0.29) is 42.8 Å². The minimum atomic E-state index is -0.847. The van der Waals surface area contributed by atoms with Gasteiger partial charge in [0.15, 0.2) is 5.69 Å². The molecule has 6 heteroatoms. The molecule has 0 saturated heterocycles. The number of carbonyl (C=O) groups excluding carboxylic acids is 1. The topological polar surface area (TPSA) is 59.4 Å². The average molecular weight is 241 g/mol. The molecule has 0 atom stereocenters. The molecule has 0 aliphatic rings. The minimum absolute atomic E-state index is 0. The summed E-state index contributed by atoms with van der Waals surface area (Å²) in [6.45, 7) is 0. The van der Waals surface area contributed by atoms with Gasteiger partial charge in [0.2, 0.25) is 0 Å². The number of aromatic nitrogens is 1. The van der Waals surface area contributed by atoms with Crippen molar-refractivity contribution in [2.45, 2.75) is 0 Å². The van der Waals surface area contributed by atoms with Gasteiger partial charge in [-0.3, -0.25) is 4.89 Å². The fourth-order valence-corrected chi connectivity index (χ4v) is 0.530. The summed E-state index contributed by atoms with van der Waals surface area (Å²) in [4.78, 5) is 17.5. The molecule has 0 aliphatic carbocycles. The molecule has 4 nitrogen and oxygen atoms in total. The molecular weight excluding hydrogens is 236 g/mol. The van der Waals surface area contributed by atoms with Crippen LogP contribution in [0.3, 0.4) is 0 Å². The third-order valence-corrected chi connectivity index (χ3v) is 0.957. The molecule has 0 bridgehead atoms. The number of hydrogen-bond donors (Lipinski definition) is 1. The summed E-state index contributed by atoms with van der Waals surface area (Å²) in [5, 5.41) is 7.90. The van der Waals surface area contributed by atoms with Gasteiger partial charge in [-0.05, 0) is 12.1 Å². The standard InChI is InChI=1S/C6H5NO3.2V/c8-6(10-9)5-3-1-2-4-7-5;;/h1-4,9H;;. The second-order valence-corrected chi connectivity index (χ2v) is 1.59. The SMILES string of the molecule is O=C(OO)c1ccccn1.[V].[V]. The quantitative estimate of drug-likeness (QED) is 0.580. The molecule has 1 aromatic heterocycles. The summed E-state index contributed by atoms with van der Waals surface area (Å²) < 4.78 is 0. The first-order valence-electron chi connectivity index (χ1n) is 2.61.